The van der Waals surface area contributed by atoms with Crippen molar-refractivity contribution in [3.8, 4) is 5.75 Å². The highest BCUT2D eigenvalue weighted by Gasteiger charge is 2.07. The first-order valence-electron chi connectivity index (χ1n) is 7.34. The van der Waals surface area contributed by atoms with E-state index in [9.17, 15) is 4.39 Å². The van der Waals surface area contributed by atoms with Crippen molar-refractivity contribution in [2.24, 2.45) is 0 Å². The van der Waals surface area contributed by atoms with E-state index in [1.807, 2.05) is 19.9 Å². The summed E-state index contributed by atoms with van der Waals surface area (Å²) in [4.78, 5) is 8.79. The van der Waals surface area contributed by atoms with Crippen molar-refractivity contribution in [1.29, 1.82) is 0 Å². The van der Waals surface area contributed by atoms with Gasteiger partial charge in [-0.15, -0.1) is 5.10 Å². The Bertz CT molecular complexity index is 804. The van der Waals surface area contributed by atoms with E-state index in [1.54, 1.807) is 28.4 Å². The first-order chi connectivity index (χ1) is 11.1. The molecule has 0 aliphatic heterocycles. The minimum absolute atomic E-state index is 0.259. The van der Waals surface area contributed by atoms with Crippen LogP contribution in [0.5, 0.6) is 5.75 Å². The van der Waals surface area contributed by atoms with E-state index in [0.717, 1.165) is 23.6 Å². The number of hydrogen-bond donors (Lipinski definition) is 0. The molecule has 7 heteroatoms. The molecule has 2 aromatic heterocycles. The fraction of sp³-hybridized carbons (Fsp3) is 0.312. The molecule has 0 bridgehead atoms. The van der Waals surface area contributed by atoms with Crippen molar-refractivity contribution >= 4 is 17.5 Å². The van der Waals surface area contributed by atoms with Crippen LogP contribution in [0.2, 0.25) is 0 Å². The van der Waals surface area contributed by atoms with Crippen molar-refractivity contribution in [2.45, 2.75) is 25.4 Å². The molecule has 0 aliphatic carbocycles. The Kier molecular flexibility index (Phi) is 4.76. The molecule has 0 amide bonds. The van der Waals surface area contributed by atoms with Crippen LogP contribution in [-0.2, 0) is 0 Å². The van der Waals surface area contributed by atoms with Gasteiger partial charge in [0.2, 0.25) is 5.16 Å². The maximum absolute atomic E-state index is 12.8. The predicted molar refractivity (Wildman–Crippen MR) is 87.5 cm³/mol. The molecular weight excluding hydrogens is 315 g/mol. The van der Waals surface area contributed by atoms with Gasteiger partial charge in [0.25, 0.3) is 5.78 Å². The van der Waals surface area contributed by atoms with Crippen LogP contribution in [0.15, 0.2) is 35.5 Å². The molecule has 2 heterocycles. The summed E-state index contributed by atoms with van der Waals surface area (Å²) in [6.45, 7) is 4.50. The Hall–Kier alpha value is -2.15. The molecule has 0 fully saturated rings. The van der Waals surface area contributed by atoms with E-state index in [0.29, 0.717) is 23.3 Å². The van der Waals surface area contributed by atoms with Crippen LogP contribution in [-0.4, -0.2) is 31.9 Å². The quantitative estimate of drug-likeness (QED) is 0.511. The molecule has 0 N–H and O–H groups in total. The van der Waals surface area contributed by atoms with Crippen LogP contribution in [0, 0.1) is 19.7 Å². The number of thioether (sulfide) groups is 1. The van der Waals surface area contributed by atoms with Crippen LogP contribution in [0.25, 0.3) is 5.78 Å². The van der Waals surface area contributed by atoms with Gasteiger partial charge in [0.05, 0.1) is 6.61 Å². The Morgan fingerprint density at radius 2 is 1.96 bits per heavy atom. The van der Waals surface area contributed by atoms with Crippen molar-refractivity contribution in [1.82, 2.24) is 19.6 Å². The lowest BCUT2D eigenvalue weighted by Gasteiger charge is -2.04. The maximum atomic E-state index is 12.8. The topological polar surface area (TPSA) is 52.3 Å². The van der Waals surface area contributed by atoms with Crippen molar-refractivity contribution in [3.05, 3.63) is 47.5 Å². The van der Waals surface area contributed by atoms with Gasteiger partial charge < -0.3 is 4.74 Å². The number of nitrogens with zero attached hydrogens (tertiary/aromatic N) is 4. The summed E-state index contributed by atoms with van der Waals surface area (Å²) < 4.78 is 20.1. The normalized spacial score (nSPS) is 11.1. The number of aromatic nitrogens is 4. The van der Waals surface area contributed by atoms with Crippen LogP contribution in [0.3, 0.4) is 0 Å². The van der Waals surface area contributed by atoms with E-state index in [-0.39, 0.29) is 5.82 Å². The Balaban J connectivity index is 1.49. The smallest absolute Gasteiger partial charge is 0.253 e. The minimum Gasteiger partial charge on any atom is -0.494 e. The molecule has 0 radical (unpaired) electrons. The number of halogens is 1. The second kappa shape index (κ2) is 6.95. The van der Waals surface area contributed by atoms with Crippen LogP contribution in [0.4, 0.5) is 4.39 Å². The second-order valence-electron chi connectivity index (χ2n) is 5.15. The van der Waals surface area contributed by atoms with Gasteiger partial charge in [0.1, 0.15) is 11.6 Å². The summed E-state index contributed by atoms with van der Waals surface area (Å²) in [5.41, 5.74) is 1.96. The van der Waals surface area contributed by atoms with Gasteiger partial charge >= 0.3 is 0 Å². The van der Waals surface area contributed by atoms with E-state index >= 15 is 0 Å². The second-order valence-corrected chi connectivity index (χ2v) is 6.21. The van der Waals surface area contributed by atoms with Gasteiger partial charge in [-0.2, -0.15) is 4.98 Å². The highest BCUT2D eigenvalue weighted by Crippen LogP contribution is 2.17. The van der Waals surface area contributed by atoms with Gasteiger partial charge in [-0.05, 0) is 50.6 Å². The van der Waals surface area contributed by atoms with Crippen molar-refractivity contribution < 1.29 is 9.13 Å². The standard InChI is InChI=1S/C16H17FN4OS/c1-11-10-12(2)21-15(18-11)19-16(20-21)23-9-3-8-22-14-6-4-13(17)5-7-14/h4-7,10H,3,8-9H2,1-2H3. The molecule has 3 aromatic rings. The van der Waals surface area contributed by atoms with Crippen LogP contribution >= 0.6 is 11.8 Å². The van der Waals surface area contributed by atoms with Crippen LogP contribution < -0.4 is 4.74 Å². The molecule has 0 aliphatic rings. The average Bonchev–Trinajstić information content (AvgIpc) is 2.92. The predicted octanol–water partition coefficient (Wildman–Crippen LogP) is 3.44. The maximum Gasteiger partial charge on any atom is 0.253 e. The van der Waals surface area contributed by atoms with Gasteiger partial charge in [0, 0.05) is 17.1 Å². The Morgan fingerprint density at radius 3 is 2.74 bits per heavy atom. The number of fused-ring (bicyclic) bond motifs is 1. The lowest BCUT2D eigenvalue weighted by atomic mass is 10.3. The molecule has 120 valence electrons. The van der Waals surface area contributed by atoms with Crippen molar-refractivity contribution in [2.75, 3.05) is 12.4 Å². The van der Waals surface area contributed by atoms with E-state index in [2.05, 4.69) is 15.1 Å². The van der Waals surface area contributed by atoms with E-state index < -0.39 is 0 Å². The third kappa shape index (κ3) is 3.98. The molecule has 1 aromatic carbocycles. The molecule has 0 saturated heterocycles. The fourth-order valence-electron chi connectivity index (χ4n) is 2.15. The van der Waals surface area contributed by atoms with Crippen molar-refractivity contribution in [3.63, 3.8) is 0 Å². The number of aryl methyl sites for hydroxylation is 2. The number of ether oxygens (including phenoxy) is 1. The minimum atomic E-state index is -0.259. The SMILES string of the molecule is Cc1cc(C)n2nc(SCCCOc3ccc(F)cc3)nc2n1. The zero-order valence-corrected chi connectivity index (χ0v) is 13.8. The number of benzene rings is 1. The molecule has 0 saturated carbocycles. The highest BCUT2D eigenvalue weighted by molar-refractivity contribution is 7.99. The summed E-state index contributed by atoms with van der Waals surface area (Å²) >= 11 is 1.58. The van der Waals surface area contributed by atoms with Gasteiger partial charge in [-0.25, -0.2) is 13.9 Å². The lowest BCUT2D eigenvalue weighted by Crippen LogP contribution is -1.99. The molecular formula is C16H17FN4OS. The number of rotatable bonds is 6. The number of hydrogen-bond acceptors (Lipinski definition) is 5. The monoisotopic (exact) mass is 332 g/mol. The van der Waals surface area contributed by atoms with Gasteiger partial charge in [-0.1, -0.05) is 11.8 Å². The summed E-state index contributed by atoms with van der Waals surface area (Å²) in [7, 11) is 0. The summed E-state index contributed by atoms with van der Waals surface area (Å²) in [5, 5.41) is 5.16. The zero-order valence-electron chi connectivity index (χ0n) is 13.0. The van der Waals surface area contributed by atoms with Crippen LogP contribution in [0.1, 0.15) is 17.8 Å². The largest absolute Gasteiger partial charge is 0.494 e. The third-order valence-corrected chi connectivity index (χ3v) is 4.12. The third-order valence-electron chi connectivity index (χ3n) is 3.20. The molecule has 0 spiro atoms. The van der Waals surface area contributed by atoms with Gasteiger partial charge in [0.15, 0.2) is 0 Å². The Morgan fingerprint density at radius 1 is 1.17 bits per heavy atom. The van der Waals surface area contributed by atoms with Gasteiger partial charge in [-0.3, -0.25) is 0 Å². The Labute approximate surface area is 137 Å². The molecule has 23 heavy (non-hydrogen) atoms. The van der Waals surface area contributed by atoms with E-state index in [1.165, 1.54) is 12.1 Å². The average molecular weight is 332 g/mol. The highest BCUT2D eigenvalue weighted by atomic mass is 32.2. The molecule has 5 nitrogen and oxygen atoms in total. The fourth-order valence-corrected chi connectivity index (χ4v) is 2.88. The van der Waals surface area contributed by atoms with E-state index in [4.69, 9.17) is 4.74 Å². The summed E-state index contributed by atoms with van der Waals surface area (Å²) in [5.74, 6) is 1.89. The molecule has 0 unspecified atom stereocenters. The molecule has 3 rings (SSSR count). The zero-order chi connectivity index (χ0) is 16.2. The first kappa shape index (κ1) is 15.7. The lowest BCUT2D eigenvalue weighted by molar-refractivity contribution is 0.318. The molecule has 0 atom stereocenters. The first-order valence-corrected chi connectivity index (χ1v) is 8.32. The summed E-state index contributed by atoms with van der Waals surface area (Å²) in [6.07, 6.45) is 0.850. The summed E-state index contributed by atoms with van der Waals surface area (Å²) in [6, 6.07) is 8.02.